The fourth-order valence-corrected chi connectivity index (χ4v) is 1.14. The van der Waals surface area contributed by atoms with Gasteiger partial charge in [-0.05, 0) is 18.6 Å². The van der Waals surface area contributed by atoms with Gasteiger partial charge in [0.05, 0.1) is 6.61 Å². The number of ether oxygens (including phenoxy) is 1. The summed E-state index contributed by atoms with van der Waals surface area (Å²) in [5.74, 6) is -1.64. The van der Waals surface area contributed by atoms with Gasteiger partial charge in [0.15, 0.2) is 0 Å². The van der Waals surface area contributed by atoms with Crippen LogP contribution >= 0.6 is 0 Å². The number of para-hydroxylation sites is 1. The highest BCUT2D eigenvalue weighted by Gasteiger charge is 2.13. The fraction of sp³-hybridized carbons (Fsp3) is 0.273. The third-order valence-corrected chi connectivity index (χ3v) is 1.96. The molecule has 0 saturated carbocycles. The number of hydrogen-bond acceptors (Lipinski definition) is 4. The zero-order valence-corrected chi connectivity index (χ0v) is 9.03. The molecule has 0 aliphatic rings. The Morgan fingerprint density at radius 1 is 1.38 bits per heavy atom. The molecule has 0 saturated heterocycles. The van der Waals surface area contributed by atoms with Crippen molar-refractivity contribution >= 4 is 17.6 Å². The molecule has 1 amide bonds. The van der Waals surface area contributed by atoms with Gasteiger partial charge in [-0.2, -0.15) is 0 Å². The first kappa shape index (κ1) is 12.0. The number of carbonyl (C=O) groups is 2. The minimum Gasteiger partial charge on any atom is -0.459 e. The minimum atomic E-state index is -0.878. The molecule has 1 aromatic carbocycles. The van der Waals surface area contributed by atoms with Gasteiger partial charge >= 0.3 is 11.9 Å². The third-order valence-electron chi connectivity index (χ3n) is 1.96. The average Bonchev–Trinajstić information content (AvgIpc) is 2.28. The van der Waals surface area contributed by atoms with Crippen molar-refractivity contribution in [1.82, 2.24) is 5.32 Å². The zero-order chi connectivity index (χ0) is 12.0. The predicted molar refractivity (Wildman–Crippen MR) is 59.3 cm³/mol. The molecular weight excluding hydrogens is 208 g/mol. The number of benzene rings is 1. The summed E-state index contributed by atoms with van der Waals surface area (Å²) in [6.45, 7) is 2.03. The second-order valence-electron chi connectivity index (χ2n) is 3.10. The molecule has 0 spiro atoms. The molecule has 3 N–H and O–H groups in total. The Hall–Kier alpha value is -2.04. The Balaban J connectivity index is 2.49. The molecule has 0 aliphatic heterocycles. The van der Waals surface area contributed by atoms with Crippen molar-refractivity contribution < 1.29 is 14.3 Å². The molecule has 0 aromatic heterocycles. The number of nitrogen functional groups attached to an aromatic ring is 1. The molecule has 1 rings (SSSR count). The molecule has 1 aromatic rings. The molecule has 86 valence electrons. The van der Waals surface area contributed by atoms with Gasteiger partial charge in [0.25, 0.3) is 0 Å². The van der Waals surface area contributed by atoms with Crippen molar-refractivity contribution in [2.24, 2.45) is 0 Å². The number of nitrogens with one attached hydrogen (secondary N) is 1. The van der Waals surface area contributed by atoms with Crippen LogP contribution in [0.1, 0.15) is 12.5 Å². The number of amides is 1. The molecule has 0 bridgehead atoms. The summed E-state index contributed by atoms with van der Waals surface area (Å²) >= 11 is 0. The summed E-state index contributed by atoms with van der Waals surface area (Å²) in [6.07, 6.45) is 0. The minimum absolute atomic E-state index is 0.180. The van der Waals surface area contributed by atoms with E-state index in [4.69, 9.17) is 5.73 Å². The Morgan fingerprint density at radius 2 is 2.06 bits per heavy atom. The van der Waals surface area contributed by atoms with E-state index < -0.39 is 11.9 Å². The van der Waals surface area contributed by atoms with Gasteiger partial charge < -0.3 is 15.8 Å². The van der Waals surface area contributed by atoms with Crippen molar-refractivity contribution in [2.75, 3.05) is 12.3 Å². The van der Waals surface area contributed by atoms with E-state index in [0.717, 1.165) is 5.56 Å². The molecule has 5 heteroatoms. The Morgan fingerprint density at radius 3 is 2.69 bits per heavy atom. The lowest BCUT2D eigenvalue weighted by Crippen LogP contribution is -2.32. The number of rotatable bonds is 3. The van der Waals surface area contributed by atoms with Crippen LogP contribution in [0.3, 0.4) is 0 Å². The van der Waals surface area contributed by atoms with Gasteiger partial charge in [-0.3, -0.25) is 4.79 Å². The highest BCUT2D eigenvalue weighted by Crippen LogP contribution is 2.09. The lowest BCUT2D eigenvalue weighted by molar-refractivity contribution is -0.154. The second-order valence-corrected chi connectivity index (χ2v) is 3.10. The molecular formula is C11H14N2O3. The lowest BCUT2D eigenvalue weighted by atomic mass is 10.2. The fourth-order valence-electron chi connectivity index (χ4n) is 1.14. The third kappa shape index (κ3) is 3.27. The topological polar surface area (TPSA) is 81.4 Å². The summed E-state index contributed by atoms with van der Waals surface area (Å²) in [7, 11) is 0. The quantitative estimate of drug-likeness (QED) is 0.442. The maximum absolute atomic E-state index is 11.2. The van der Waals surface area contributed by atoms with Crippen molar-refractivity contribution in [3.05, 3.63) is 29.8 Å². The molecule has 0 aliphatic carbocycles. The van der Waals surface area contributed by atoms with Gasteiger partial charge in [0.2, 0.25) is 0 Å². The standard InChI is InChI=1S/C11H14N2O3/c1-2-16-11(15)10(14)13-7-8-5-3-4-6-9(8)12/h3-6H,2,7,12H2,1H3,(H,13,14). The van der Waals surface area contributed by atoms with E-state index in [1.54, 1.807) is 25.1 Å². The van der Waals surface area contributed by atoms with Crippen molar-refractivity contribution in [1.29, 1.82) is 0 Å². The van der Waals surface area contributed by atoms with E-state index in [9.17, 15) is 9.59 Å². The second kappa shape index (κ2) is 5.75. The Kier molecular flexibility index (Phi) is 4.32. The maximum atomic E-state index is 11.2. The monoisotopic (exact) mass is 222 g/mol. The average molecular weight is 222 g/mol. The van der Waals surface area contributed by atoms with Crippen LogP contribution in [0, 0.1) is 0 Å². The van der Waals surface area contributed by atoms with Crippen molar-refractivity contribution in [2.45, 2.75) is 13.5 Å². The summed E-state index contributed by atoms with van der Waals surface area (Å²) in [5, 5.41) is 2.43. The van der Waals surface area contributed by atoms with Crippen LogP contribution in [-0.4, -0.2) is 18.5 Å². The molecule has 0 atom stereocenters. The van der Waals surface area contributed by atoms with Crippen LogP contribution in [0.2, 0.25) is 0 Å². The van der Waals surface area contributed by atoms with E-state index in [1.165, 1.54) is 0 Å². The largest absolute Gasteiger partial charge is 0.459 e. The first-order valence-electron chi connectivity index (χ1n) is 4.93. The normalized spacial score (nSPS) is 9.56. The van der Waals surface area contributed by atoms with Gasteiger partial charge in [-0.15, -0.1) is 0 Å². The molecule has 0 unspecified atom stereocenters. The van der Waals surface area contributed by atoms with Crippen LogP contribution in [0.5, 0.6) is 0 Å². The first-order valence-corrected chi connectivity index (χ1v) is 4.93. The van der Waals surface area contributed by atoms with Crippen LogP contribution in [0.4, 0.5) is 5.69 Å². The molecule has 0 heterocycles. The van der Waals surface area contributed by atoms with E-state index >= 15 is 0 Å². The zero-order valence-electron chi connectivity index (χ0n) is 9.03. The summed E-state index contributed by atoms with van der Waals surface area (Å²) in [5.41, 5.74) is 7.01. The highest BCUT2D eigenvalue weighted by atomic mass is 16.5. The first-order chi connectivity index (χ1) is 7.65. The van der Waals surface area contributed by atoms with Gasteiger partial charge in [-0.1, -0.05) is 18.2 Å². The number of hydrogen-bond donors (Lipinski definition) is 2. The van der Waals surface area contributed by atoms with Crippen LogP contribution in [0.25, 0.3) is 0 Å². The smallest absolute Gasteiger partial charge is 0.396 e. The van der Waals surface area contributed by atoms with Crippen LogP contribution < -0.4 is 11.1 Å². The van der Waals surface area contributed by atoms with E-state index in [0.29, 0.717) is 5.69 Å². The number of esters is 1. The van der Waals surface area contributed by atoms with Crippen LogP contribution in [-0.2, 0) is 20.9 Å². The lowest BCUT2D eigenvalue weighted by Gasteiger charge is -2.06. The van der Waals surface area contributed by atoms with Gasteiger partial charge in [0.1, 0.15) is 0 Å². The molecule has 16 heavy (non-hydrogen) atoms. The molecule has 0 radical (unpaired) electrons. The SMILES string of the molecule is CCOC(=O)C(=O)NCc1ccccc1N. The molecule has 5 nitrogen and oxygen atoms in total. The number of anilines is 1. The van der Waals surface area contributed by atoms with Crippen LogP contribution in [0.15, 0.2) is 24.3 Å². The van der Waals surface area contributed by atoms with Gasteiger partial charge in [0, 0.05) is 12.2 Å². The van der Waals surface area contributed by atoms with Crippen molar-refractivity contribution in [3.63, 3.8) is 0 Å². The van der Waals surface area contributed by atoms with Crippen molar-refractivity contribution in [3.8, 4) is 0 Å². The summed E-state index contributed by atoms with van der Waals surface area (Å²) < 4.78 is 4.54. The van der Waals surface area contributed by atoms with Gasteiger partial charge in [-0.25, -0.2) is 4.79 Å². The Bertz CT molecular complexity index is 391. The number of nitrogens with two attached hydrogens (primary N) is 1. The van der Waals surface area contributed by atoms with E-state index in [1.807, 2.05) is 6.07 Å². The summed E-state index contributed by atoms with van der Waals surface area (Å²) in [4.78, 5) is 22.2. The number of carbonyl (C=O) groups excluding carboxylic acids is 2. The van der Waals surface area contributed by atoms with E-state index in [2.05, 4.69) is 10.1 Å². The highest BCUT2D eigenvalue weighted by molar-refractivity contribution is 6.32. The molecule has 0 fully saturated rings. The maximum Gasteiger partial charge on any atom is 0.396 e. The Labute approximate surface area is 93.6 Å². The van der Waals surface area contributed by atoms with E-state index in [-0.39, 0.29) is 13.2 Å². The predicted octanol–water partition coefficient (Wildman–Crippen LogP) is 0.448. The summed E-state index contributed by atoms with van der Waals surface area (Å²) in [6, 6.07) is 7.11.